The minimum absolute atomic E-state index is 0.292. The zero-order valence-electron chi connectivity index (χ0n) is 11.9. The van der Waals surface area contributed by atoms with Gasteiger partial charge in [-0.15, -0.1) is 10.2 Å². The van der Waals surface area contributed by atoms with Gasteiger partial charge in [0.15, 0.2) is 4.34 Å². The highest BCUT2D eigenvalue weighted by molar-refractivity contribution is 8.00. The van der Waals surface area contributed by atoms with Crippen molar-refractivity contribution in [2.24, 2.45) is 0 Å². The van der Waals surface area contributed by atoms with Gasteiger partial charge >= 0.3 is 0 Å². The Morgan fingerprint density at radius 3 is 2.87 bits per heavy atom. The Kier molecular flexibility index (Phi) is 3.96. The largest absolute Gasteiger partial charge is 0.357 e. The lowest BCUT2D eigenvalue weighted by molar-refractivity contribution is 0.391. The first-order valence-corrected chi connectivity index (χ1v) is 8.88. The fourth-order valence-corrected chi connectivity index (χ4v) is 3.55. The molecule has 1 aliphatic rings. The van der Waals surface area contributed by atoms with E-state index in [1.54, 1.807) is 12.1 Å². The summed E-state index contributed by atoms with van der Waals surface area (Å²) < 4.78 is 19.0. The summed E-state index contributed by atoms with van der Waals surface area (Å²) in [5.41, 5.74) is 0.721. The highest BCUT2D eigenvalue weighted by atomic mass is 32.2. The number of aromatic nitrogens is 4. The molecule has 0 amide bonds. The molecule has 9 heteroatoms. The average molecular weight is 349 g/mol. The molecule has 0 aliphatic heterocycles. The van der Waals surface area contributed by atoms with Gasteiger partial charge in [-0.25, -0.2) is 4.39 Å². The average Bonchev–Trinajstić information content (AvgIpc) is 3.07. The molecule has 2 heterocycles. The minimum atomic E-state index is -0.292. The van der Waals surface area contributed by atoms with Crippen LogP contribution in [-0.2, 0) is 5.75 Å². The lowest BCUT2D eigenvalue weighted by Crippen LogP contribution is -1.99. The Hall–Kier alpha value is -2.00. The number of anilines is 1. The lowest BCUT2D eigenvalue weighted by Gasteiger charge is -1.94. The van der Waals surface area contributed by atoms with Gasteiger partial charge < -0.3 is 9.84 Å². The monoisotopic (exact) mass is 349 g/mol. The van der Waals surface area contributed by atoms with E-state index in [4.69, 9.17) is 4.52 Å². The number of benzene rings is 1. The van der Waals surface area contributed by atoms with Crippen LogP contribution in [0.25, 0.3) is 11.4 Å². The molecule has 0 bridgehead atoms. The summed E-state index contributed by atoms with van der Waals surface area (Å²) in [5, 5.41) is 16.3. The molecular formula is C14H12FN5OS2. The molecule has 4 rings (SSSR count). The van der Waals surface area contributed by atoms with E-state index < -0.39 is 0 Å². The quantitative estimate of drug-likeness (QED) is 0.681. The van der Waals surface area contributed by atoms with Gasteiger partial charge in [0.2, 0.25) is 16.8 Å². The van der Waals surface area contributed by atoms with Crippen molar-refractivity contribution in [2.45, 2.75) is 29.0 Å². The molecule has 0 atom stereocenters. The summed E-state index contributed by atoms with van der Waals surface area (Å²) in [5.74, 6) is 1.18. The van der Waals surface area contributed by atoms with E-state index in [0.717, 1.165) is 15.0 Å². The van der Waals surface area contributed by atoms with Gasteiger partial charge in [0.1, 0.15) is 5.82 Å². The van der Waals surface area contributed by atoms with E-state index in [-0.39, 0.29) is 5.82 Å². The van der Waals surface area contributed by atoms with Crippen molar-refractivity contribution < 1.29 is 8.91 Å². The molecule has 6 nitrogen and oxygen atoms in total. The molecule has 1 saturated carbocycles. The zero-order valence-corrected chi connectivity index (χ0v) is 13.5. The van der Waals surface area contributed by atoms with E-state index in [1.807, 2.05) is 0 Å². The van der Waals surface area contributed by atoms with E-state index in [0.29, 0.717) is 23.5 Å². The first-order valence-electron chi connectivity index (χ1n) is 7.07. The molecule has 1 aromatic carbocycles. The number of hydrogen-bond donors (Lipinski definition) is 1. The first kappa shape index (κ1) is 14.6. The smallest absolute Gasteiger partial charge is 0.237 e. The van der Waals surface area contributed by atoms with Crippen LogP contribution in [0.4, 0.5) is 9.52 Å². The molecule has 118 valence electrons. The van der Waals surface area contributed by atoms with Crippen LogP contribution in [-0.4, -0.2) is 26.4 Å². The van der Waals surface area contributed by atoms with Crippen molar-refractivity contribution in [3.05, 3.63) is 36.0 Å². The van der Waals surface area contributed by atoms with Crippen molar-refractivity contribution >= 4 is 28.2 Å². The van der Waals surface area contributed by atoms with Crippen LogP contribution in [0.5, 0.6) is 0 Å². The third-order valence-electron chi connectivity index (χ3n) is 3.20. The maximum atomic E-state index is 12.9. The second-order valence-electron chi connectivity index (χ2n) is 5.10. The van der Waals surface area contributed by atoms with Gasteiger partial charge in [-0.3, -0.25) is 0 Å². The first-order chi connectivity index (χ1) is 11.3. The highest BCUT2D eigenvalue weighted by Gasteiger charge is 2.22. The molecule has 2 aromatic heterocycles. The van der Waals surface area contributed by atoms with E-state index in [1.165, 1.54) is 48.1 Å². The van der Waals surface area contributed by atoms with E-state index >= 15 is 0 Å². The SMILES string of the molecule is Fc1ccc(-c2noc(CSc3nnc(NC4CC4)s3)n2)cc1. The van der Waals surface area contributed by atoms with Crippen LogP contribution in [0.3, 0.4) is 0 Å². The third-order valence-corrected chi connectivity index (χ3v) is 5.17. The van der Waals surface area contributed by atoms with Crippen molar-refractivity contribution in [3.63, 3.8) is 0 Å². The van der Waals surface area contributed by atoms with Crippen LogP contribution in [0.15, 0.2) is 33.1 Å². The van der Waals surface area contributed by atoms with Crippen molar-refractivity contribution in [1.29, 1.82) is 0 Å². The standard InChI is InChI=1S/C14H12FN5OS2/c15-9-3-1-8(2-4-9)12-17-11(21-20-12)7-22-14-19-18-13(23-14)16-10-5-6-10/h1-4,10H,5-7H2,(H,16,18). The predicted octanol–water partition coefficient (Wildman–Crippen LogP) is 3.59. The molecule has 0 saturated heterocycles. The number of nitrogens with zero attached hydrogens (tertiary/aromatic N) is 4. The fraction of sp³-hybridized carbons (Fsp3) is 0.286. The molecule has 0 unspecified atom stereocenters. The number of hydrogen-bond acceptors (Lipinski definition) is 8. The van der Waals surface area contributed by atoms with Crippen LogP contribution in [0.1, 0.15) is 18.7 Å². The molecule has 0 spiro atoms. The van der Waals surface area contributed by atoms with Gasteiger partial charge in [0, 0.05) is 11.6 Å². The van der Waals surface area contributed by atoms with Crippen LogP contribution < -0.4 is 5.32 Å². The van der Waals surface area contributed by atoms with E-state index in [9.17, 15) is 4.39 Å². The lowest BCUT2D eigenvalue weighted by atomic mass is 10.2. The molecule has 3 aromatic rings. The van der Waals surface area contributed by atoms with Gasteiger partial charge in [-0.2, -0.15) is 4.98 Å². The van der Waals surface area contributed by atoms with Gasteiger partial charge in [0.25, 0.3) is 0 Å². The number of thioether (sulfide) groups is 1. The Labute approximate surface area is 139 Å². The second kappa shape index (κ2) is 6.25. The summed E-state index contributed by atoms with van der Waals surface area (Å²) in [6.07, 6.45) is 2.41. The zero-order chi connectivity index (χ0) is 15.6. The Bertz CT molecular complexity index is 800. The van der Waals surface area contributed by atoms with Crippen molar-refractivity contribution in [2.75, 3.05) is 5.32 Å². The normalized spacial score (nSPS) is 14.1. The number of nitrogens with one attached hydrogen (secondary N) is 1. The van der Waals surface area contributed by atoms with Crippen molar-refractivity contribution in [1.82, 2.24) is 20.3 Å². The molecule has 1 aliphatic carbocycles. The fourth-order valence-electron chi connectivity index (χ4n) is 1.88. The number of halogens is 1. The maximum Gasteiger partial charge on any atom is 0.237 e. The summed E-state index contributed by atoms with van der Waals surface area (Å²) in [6.45, 7) is 0. The third kappa shape index (κ3) is 3.67. The highest BCUT2D eigenvalue weighted by Crippen LogP contribution is 2.31. The minimum Gasteiger partial charge on any atom is -0.357 e. The van der Waals surface area contributed by atoms with Gasteiger partial charge in [-0.05, 0) is 37.1 Å². The summed E-state index contributed by atoms with van der Waals surface area (Å²) in [6, 6.07) is 6.55. The summed E-state index contributed by atoms with van der Waals surface area (Å²) >= 11 is 3.02. The van der Waals surface area contributed by atoms with Crippen LogP contribution in [0, 0.1) is 5.82 Å². The molecule has 1 N–H and O–H groups in total. The molecule has 23 heavy (non-hydrogen) atoms. The van der Waals surface area contributed by atoms with Crippen molar-refractivity contribution in [3.8, 4) is 11.4 Å². The van der Waals surface area contributed by atoms with E-state index in [2.05, 4.69) is 25.7 Å². The predicted molar refractivity (Wildman–Crippen MR) is 85.8 cm³/mol. The molecule has 1 fully saturated rings. The van der Waals surface area contributed by atoms with Gasteiger partial charge in [-0.1, -0.05) is 28.3 Å². The topological polar surface area (TPSA) is 76.7 Å². The van der Waals surface area contributed by atoms with Gasteiger partial charge in [0.05, 0.1) is 5.75 Å². The Morgan fingerprint density at radius 2 is 2.09 bits per heavy atom. The second-order valence-corrected chi connectivity index (χ2v) is 7.30. The van der Waals surface area contributed by atoms with Crippen LogP contribution >= 0.6 is 23.1 Å². The number of rotatable bonds is 6. The maximum absolute atomic E-state index is 12.9. The Morgan fingerprint density at radius 1 is 1.26 bits per heavy atom. The van der Waals surface area contributed by atoms with Crippen LogP contribution in [0.2, 0.25) is 0 Å². The summed E-state index contributed by atoms with van der Waals surface area (Å²) in [7, 11) is 0. The summed E-state index contributed by atoms with van der Waals surface area (Å²) in [4.78, 5) is 4.31. The molecular weight excluding hydrogens is 337 g/mol. The molecule has 0 radical (unpaired) electrons. The Balaban J connectivity index is 1.37.